The summed E-state index contributed by atoms with van der Waals surface area (Å²) in [6.45, 7) is 2.36. The van der Waals surface area contributed by atoms with Crippen LogP contribution in [0.1, 0.15) is 11.1 Å². The summed E-state index contributed by atoms with van der Waals surface area (Å²) in [5.74, 6) is 0.768. The number of ether oxygens (including phenoxy) is 1. The van der Waals surface area contributed by atoms with Crippen molar-refractivity contribution < 1.29 is 9.84 Å². The van der Waals surface area contributed by atoms with Gasteiger partial charge in [0.1, 0.15) is 11.5 Å². The van der Waals surface area contributed by atoms with Crippen LogP contribution in [0, 0.1) is 6.92 Å². The van der Waals surface area contributed by atoms with E-state index in [-0.39, 0.29) is 5.75 Å². The first-order chi connectivity index (χ1) is 6.61. The third kappa shape index (κ3) is 1.94. The molecule has 0 fully saturated rings. The van der Waals surface area contributed by atoms with Crippen LogP contribution < -0.4 is 10.1 Å². The monoisotopic (exact) mass is 215 g/mol. The summed E-state index contributed by atoms with van der Waals surface area (Å²) in [4.78, 5) is 0. The molecule has 0 radical (unpaired) electrons. The molecule has 0 aromatic heterocycles. The van der Waals surface area contributed by atoms with Gasteiger partial charge in [0.25, 0.3) is 0 Å². The Labute approximate surface area is 88.7 Å². The fourth-order valence-electron chi connectivity index (χ4n) is 1.39. The molecule has 1 aromatic carbocycles. The van der Waals surface area contributed by atoms with E-state index >= 15 is 0 Å². The number of hydrogen-bond acceptors (Lipinski definition) is 3. The first-order valence-corrected chi connectivity index (χ1v) is 4.69. The number of hydrogen-bond donors (Lipinski definition) is 2. The molecule has 0 saturated carbocycles. The Morgan fingerprint density at radius 3 is 2.71 bits per heavy atom. The lowest BCUT2D eigenvalue weighted by Crippen LogP contribution is -2.06. The Bertz CT molecular complexity index is 339. The third-order valence-corrected chi connectivity index (χ3v) is 2.37. The van der Waals surface area contributed by atoms with Gasteiger partial charge >= 0.3 is 0 Å². The van der Waals surface area contributed by atoms with Gasteiger partial charge < -0.3 is 15.2 Å². The fraction of sp³-hybridized carbons (Fsp3) is 0.400. The molecule has 78 valence electrons. The zero-order valence-corrected chi connectivity index (χ0v) is 9.27. The van der Waals surface area contributed by atoms with Crippen LogP contribution in [0.2, 0.25) is 5.02 Å². The summed E-state index contributed by atoms with van der Waals surface area (Å²) in [5, 5.41) is 13.3. The van der Waals surface area contributed by atoms with Crippen molar-refractivity contribution in [3.8, 4) is 11.5 Å². The highest BCUT2D eigenvalue weighted by atomic mass is 35.5. The molecule has 1 aromatic rings. The highest BCUT2D eigenvalue weighted by Gasteiger charge is 2.13. The molecule has 2 N–H and O–H groups in total. The molecule has 0 aliphatic carbocycles. The minimum Gasteiger partial charge on any atom is -0.507 e. The maximum absolute atomic E-state index is 9.79. The molecule has 0 aliphatic rings. The zero-order valence-electron chi connectivity index (χ0n) is 8.52. The summed E-state index contributed by atoms with van der Waals surface area (Å²) < 4.78 is 5.08. The van der Waals surface area contributed by atoms with Crippen molar-refractivity contribution >= 4 is 11.6 Å². The van der Waals surface area contributed by atoms with Gasteiger partial charge in [0.05, 0.1) is 12.1 Å². The van der Waals surface area contributed by atoms with Gasteiger partial charge in [0, 0.05) is 17.7 Å². The molecule has 14 heavy (non-hydrogen) atoms. The Kier molecular flexibility index (Phi) is 3.61. The van der Waals surface area contributed by atoms with Crippen molar-refractivity contribution in [2.75, 3.05) is 14.2 Å². The second kappa shape index (κ2) is 4.53. The maximum Gasteiger partial charge on any atom is 0.144 e. The maximum atomic E-state index is 9.79. The lowest BCUT2D eigenvalue weighted by atomic mass is 10.1. The first kappa shape index (κ1) is 11.1. The van der Waals surface area contributed by atoms with Crippen LogP contribution in [0.4, 0.5) is 0 Å². The van der Waals surface area contributed by atoms with Crippen molar-refractivity contribution in [2.45, 2.75) is 13.5 Å². The standard InChI is InChI=1S/C10H14ClNO2/c1-6-9(13)7(5-12-2)4-8(11)10(6)14-3/h4,12-13H,5H2,1-3H3. The summed E-state index contributed by atoms with van der Waals surface area (Å²) in [7, 11) is 3.35. The van der Waals surface area contributed by atoms with Gasteiger partial charge in [-0.05, 0) is 20.0 Å². The molecule has 3 nitrogen and oxygen atoms in total. The van der Waals surface area contributed by atoms with Gasteiger partial charge in [0.15, 0.2) is 0 Å². The van der Waals surface area contributed by atoms with Crippen molar-refractivity contribution in [3.63, 3.8) is 0 Å². The van der Waals surface area contributed by atoms with E-state index < -0.39 is 0 Å². The number of benzene rings is 1. The molecular weight excluding hydrogens is 202 g/mol. The molecular formula is C10H14ClNO2. The number of aromatic hydroxyl groups is 1. The van der Waals surface area contributed by atoms with Gasteiger partial charge in [-0.1, -0.05) is 11.6 Å². The van der Waals surface area contributed by atoms with Crippen LogP contribution in [0.15, 0.2) is 6.07 Å². The molecule has 0 saturated heterocycles. The van der Waals surface area contributed by atoms with Crippen LogP contribution in [0.3, 0.4) is 0 Å². The number of nitrogens with one attached hydrogen (secondary N) is 1. The van der Waals surface area contributed by atoms with E-state index in [1.165, 1.54) is 7.11 Å². The van der Waals surface area contributed by atoms with Crippen LogP contribution in [0.5, 0.6) is 11.5 Å². The average Bonchev–Trinajstić information content (AvgIpc) is 2.15. The fourth-order valence-corrected chi connectivity index (χ4v) is 1.74. The molecule has 0 amide bonds. The molecule has 0 bridgehead atoms. The van der Waals surface area contributed by atoms with Crippen molar-refractivity contribution in [1.82, 2.24) is 5.32 Å². The van der Waals surface area contributed by atoms with Crippen LogP contribution in [-0.2, 0) is 6.54 Å². The number of phenolic OH excluding ortho intramolecular Hbond substituents is 1. The van der Waals surface area contributed by atoms with Gasteiger partial charge in [-0.25, -0.2) is 0 Å². The van der Waals surface area contributed by atoms with Crippen LogP contribution in [0.25, 0.3) is 0 Å². The number of halogens is 1. The molecule has 1 rings (SSSR count). The predicted molar refractivity (Wildman–Crippen MR) is 57.2 cm³/mol. The van der Waals surface area contributed by atoms with E-state index in [1.54, 1.807) is 13.0 Å². The lowest BCUT2D eigenvalue weighted by molar-refractivity contribution is 0.401. The summed E-state index contributed by atoms with van der Waals surface area (Å²) in [6, 6.07) is 1.71. The zero-order chi connectivity index (χ0) is 10.7. The van der Waals surface area contributed by atoms with Crippen molar-refractivity contribution in [3.05, 3.63) is 22.2 Å². The first-order valence-electron chi connectivity index (χ1n) is 4.31. The summed E-state index contributed by atoms with van der Waals surface area (Å²) in [6.07, 6.45) is 0. The minimum absolute atomic E-state index is 0.237. The topological polar surface area (TPSA) is 41.5 Å². The Morgan fingerprint density at radius 2 is 2.21 bits per heavy atom. The van der Waals surface area contributed by atoms with E-state index in [0.717, 1.165) is 5.56 Å². The van der Waals surface area contributed by atoms with Crippen molar-refractivity contribution in [1.29, 1.82) is 0 Å². The van der Waals surface area contributed by atoms with E-state index in [1.807, 2.05) is 7.05 Å². The molecule has 0 heterocycles. The third-order valence-electron chi connectivity index (χ3n) is 2.09. The quantitative estimate of drug-likeness (QED) is 0.811. The minimum atomic E-state index is 0.237. The highest BCUT2D eigenvalue weighted by molar-refractivity contribution is 6.32. The van der Waals surface area contributed by atoms with Crippen LogP contribution in [-0.4, -0.2) is 19.3 Å². The molecule has 0 atom stereocenters. The summed E-state index contributed by atoms with van der Waals surface area (Å²) >= 11 is 5.98. The molecule has 0 unspecified atom stereocenters. The number of rotatable bonds is 3. The number of phenols is 1. The van der Waals surface area contributed by atoms with E-state index in [9.17, 15) is 5.11 Å². The lowest BCUT2D eigenvalue weighted by Gasteiger charge is -2.12. The van der Waals surface area contributed by atoms with E-state index in [4.69, 9.17) is 16.3 Å². The second-order valence-corrected chi connectivity index (χ2v) is 3.46. The Hall–Kier alpha value is -0.930. The van der Waals surface area contributed by atoms with Gasteiger partial charge in [-0.3, -0.25) is 0 Å². The van der Waals surface area contributed by atoms with Gasteiger partial charge in [0.2, 0.25) is 0 Å². The molecule has 4 heteroatoms. The largest absolute Gasteiger partial charge is 0.507 e. The smallest absolute Gasteiger partial charge is 0.144 e. The average molecular weight is 216 g/mol. The van der Waals surface area contributed by atoms with Gasteiger partial charge in [-0.2, -0.15) is 0 Å². The molecule has 0 aliphatic heterocycles. The number of methoxy groups -OCH3 is 1. The second-order valence-electron chi connectivity index (χ2n) is 3.05. The van der Waals surface area contributed by atoms with E-state index in [0.29, 0.717) is 22.9 Å². The predicted octanol–water partition coefficient (Wildman–Crippen LogP) is 2.08. The van der Waals surface area contributed by atoms with E-state index in [2.05, 4.69) is 5.32 Å². The van der Waals surface area contributed by atoms with Crippen molar-refractivity contribution in [2.24, 2.45) is 0 Å². The Morgan fingerprint density at radius 1 is 1.57 bits per heavy atom. The SMILES string of the molecule is CNCc1cc(Cl)c(OC)c(C)c1O. The normalized spacial score (nSPS) is 10.3. The molecule has 0 spiro atoms. The van der Waals surface area contributed by atoms with Gasteiger partial charge in [-0.15, -0.1) is 0 Å². The highest BCUT2D eigenvalue weighted by Crippen LogP contribution is 2.36. The summed E-state index contributed by atoms with van der Waals surface area (Å²) in [5.41, 5.74) is 1.45. The van der Waals surface area contributed by atoms with Crippen LogP contribution >= 0.6 is 11.6 Å². The Balaban J connectivity index is 3.25.